The lowest BCUT2D eigenvalue weighted by Crippen LogP contribution is -2.82. The number of amides is 6. The normalized spacial score (nSPS) is 21.8. The number of carbonyl (C=O) groups excluding carboxylic acids is 13. The number of rotatable bonds is 38. The number of nitrogens with one attached hydrogen (secondary N) is 5. The first-order valence-electron chi connectivity index (χ1n) is 44.5. The van der Waals surface area contributed by atoms with Gasteiger partial charge in [-0.2, -0.15) is 0 Å². The molecule has 8 aromatic carbocycles. The molecule has 6 amide bonds. The van der Waals surface area contributed by atoms with E-state index < -0.39 is 192 Å². The van der Waals surface area contributed by atoms with Crippen LogP contribution in [0.15, 0.2) is 254 Å². The molecular formula is C103H110N6O24. The summed E-state index contributed by atoms with van der Waals surface area (Å²) in [4.78, 5) is 188. The Morgan fingerprint density at radius 1 is 0.594 bits per heavy atom. The van der Waals surface area contributed by atoms with Crippen molar-refractivity contribution in [2.75, 3.05) is 38.7 Å². The van der Waals surface area contributed by atoms with Gasteiger partial charge in [0.2, 0.25) is 23.8 Å². The van der Waals surface area contributed by atoms with Crippen LogP contribution in [-0.2, 0) is 104 Å². The summed E-state index contributed by atoms with van der Waals surface area (Å²) in [6, 6.07) is 62.8. The molecule has 2 heterocycles. The molecule has 13 rings (SSSR count). The van der Waals surface area contributed by atoms with E-state index in [1.54, 1.807) is 98.1 Å². The monoisotopic (exact) mass is 1810 g/mol. The molecule has 3 fully saturated rings. The minimum Gasteiger partial charge on any atom is -0.497 e. The molecule has 3 aliphatic carbocycles. The number of fused-ring (bicyclic) bond motifs is 5. The fourth-order valence-corrected chi connectivity index (χ4v) is 18.9. The van der Waals surface area contributed by atoms with Gasteiger partial charge in [-0.3, -0.25) is 53.4 Å². The molecule has 2 bridgehead atoms. The van der Waals surface area contributed by atoms with Crippen LogP contribution in [0.4, 0.5) is 15.3 Å². The van der Waals surface area contributed by atoms with Crippen LogP contribution in [0, 0.1) is 16.7 Å². The number of unbranched alkanes of at least 4 members (excludes halogenated alkanes) is 3. The number of esters is 4. The molecule has 2 aliphatic heterocycles. The first-order valence-corrected chi connectivity index (χ1v) is 44.5. The number of benzene rings is 8. The van der Waals surface area contributed by atoms with E-state index in [0.29, 0.717) is 50.0 Å². The molecular weight excluding hydrogens is 1710 g/mol. The highest BCUT2D eigenvalue weighted by atomic mass is 16.7. The van der Waals surface area contributed by atoms with Crippen LogP contribution in [0.1, 0.15) is 166 Å². The summed E-state index contributed by atoms with van der Waals surface area (Å²) in [5.74, 6) is -9.76. The molecule has 696 valence electrons. The molecule has 30 nitrogen and oxygen atoms in total. The lowest BCUT2D eigenvalue weighted by Gasteiger charge is -2.67. The van der Waals surface area contributed by atoms with Crippen molar-refractivity contribution < 1.29 is 115 Å². The second-order valence-corrected chi connectivity index (χ2v) is 34.4. The summed E-state index contributed by atoms with van der Waals surface area (Å²) in [6.07, 6.45) is -10.2. The zero-order chi connectivity index (χ0) is 94.8. The van der Waals surface area contributed by atoms with Gasteiger partial charge in [0.25, 0.3) is 17.7 Å². The van der Waals surface area contributed by atoms with Gasteiger partial charge < -0.3 is 73.7 Å². The van der Waals surface area contributed by atoms with Crippen molar-refractivity contribution >= 4 is 83.1 Å². The lowest BCUT2D eigenvalue weighted by atomic mass is 9.44. The number of ether oxygens (including phenoxy) is 10. The van der Waals surface area contributed by atoms with Gasteiger partial charge in [-0.15, -0.1) is 0 Å². The van der Waals surface area contributed by atoms with Gasteiger partial charge in [0.1, 0.15) is 60.5 Å². The van der Waals surface area contributed by atoms with Gasteiger partial charge in [-0.25, -0.2) is 19.2 Å². The van der Waals surface area contributed by atoms with Gasteiger partial charge in [0, 0.05) is 74.9 Å². The lowest BCUT2D eigenvalue weighted by molar-refractivity contribution is -0.346. The number of nitrogens with zero attached hydrogens (tertiary/aromatic N) is 1. The van der Waals surface area contributed by atoms with Crippen molar-refractivity contribution in [1.29, 1.82) is 0 Å². The Balaban J connectivity index is 0.779. The third kappa shape index (κ3) is 21.6. The summed E-state index contributed by atoms with van der Waals surface area (Å²) in [5.41, 5.74) is -5.55. The highest BCUT2D eigenvalue weighted by Crippen LogP contribution is 2.65. The van der Waals surface area contributed by atoms with E-state index in [2.05, 4.69) is 50.8 Å². The van der Waals surface area contributed by atoms with Crippen molar-refractivity contribution in [3.63, 3.8) is 0 Å². The van der Waals surface area contributed by atoms with Gasteiger partial charge in [-0.1, -0.05) is 202 Å². The van der Waals surface area contributed by atoms with Crippen LogP contribution < -0.4 is 31.3 Å². The van der Waals surface area contributed by atoms with Crippen molar-refractivity contribution in [2.24, 2.45) is 16.7 Å². The van der Waals surface area contributed by atoms with Gasteiger partial charge >= 0.3 is 36.2 Å². The second-order valence-electron chi connectivity index (χ2n) is 34.4. The van der Waals surface area contributed by atoms with Crippen LogP contribution in [-0.4, -0.2) is 181 Å². The number of aliphatic hydroxyl groups is 1. The van der Waals surface area contributed by atoms with Crippen LogP contribution in [0.25, 0.3) is 0 Å². The summed E-state index contributed by atoms with van der Waals surface area (Å²) < 4.78 is 60.8. The Kier molecular flexibility index (Phi) is 31.2. The maximum Gasteiger partial charge on any atom is 0.509 e. The molecule has 0 aromatic heterocycles. The highest BCUT2D eigenvalue weighted by molar-refractivity contribution is 6.13. The maximum absolute atomic E-state index is 16.9. The quantitative estimate of drug-likeness (QED) is 0.00523. The van der Waals surface area contributed by atoms with Crippen LogP contribution in [0.5, 0.6) is 5.75 Å². The Bertz CT molecular complexity index is 5540. The Hall–Kier alpha value is -14.0. The number of ketones is 1. The predicted octanol–water partition coefficient (Wildman–Crippen LogP) is 12.7. The van der Waals surface area contributed by atoms with Crippen molar-refractivity contribution in [3.8, 4) is 5.75 Å². The Labute approximate surface area is 770 Å². The maximum atomic E-state index is 16.9. The number of anilines is 1. The van der Waals surface area contributed by atoms with E-state index in [-0.39, 0.29) is 65.9 Å². The molecule has 13 atom stereocenters. The summed E-state index contributed by atoms with van der Waals surface area (Å²) in [7, 11) is 1.60. The zero-order valence-electron chi connectivity index (χ0n) is 75.3. The zero-order valence-corrected chi connectivity index (χ0v) is 75.3. The molecule has 2 saturated carbocycles. The second kappa shape index (κ2) is 42.9. The number of hydrogen-bond donors (Lipinski definition) is 6. The molecule has 0 spiro atoms. The summed E-state index contributed by atoms with van der Waals surface area (Å²) in [5, 5.41) is 30.1. The average molecular weight is 1820 g/mol. The van der Waals surface area contributed by atoms with Gasteiger partial charge in [0.05, 0.1) is 42.8 Å². The van der Waals surface area contributed by atoms with E-state index in [1.807, 2.05) is 78.9 Å². The third-order valence-corrected chi connectivity index (χ3v) is 25.7. The standard InChI is InChI=1S/C103H110N6O24/c1-9-125-97(121)131-88(86(69-35-19-11-20-36-69)108-92(116)70-37-21-12-22-38-70)96(120)129-79-61-102(123)91(132-95(119)71-39-23-13-24-40-71)89-100(7,90(115)87(128-65(3)110)85(64(79)2)99(102,5)6)80(60-81-101(89,63-127-81)133-66(4)111)130-98(122)126-62-68-47-51-75(52-48-68)105-93(117)77(107-94(118)78(59-67-33-17-10-18-34-67)106-82(112)46-29-16-32-58-109-83(113)55-56-84(109)114)45-30-31-57-104-103(72-41-25-14-26-42-72,73-43-27-15-28-44-73)74-49-53-76(124-8)54-50-74/h10-15,17-28,33-44,47-56,77-81,86-89,91,104,123H,9,16,29-32,45-46,57-63H2,1-8H3,(H,105,117)(H,106,112)(H,107,118)(H,108,116)/t77-,78?,79?,80-,81?,86?,87+,88?,89?,91?,100+,101?,102+/m0/s1. The molecule has 30 heteroatoms. The Morgan fingerprint density at radius 3 is 1.77 bits per heavy atom. The molecule has 133 heavy (non-hydrogen) atoms. The molecule has 5 aliphatic rings. The van der Waals surface area contributed by atoms with Gasteiger partial charge in [-0.05, 0) is 152 Å². The van der Waals surface area contributed by atoms with E-state index in [4.69, 9.17) is 47.4 Å². The number of methoxy groups -OCH3 is 1. The van der Waals surface area contributed by atoms with Crippen LogP contribution >= 0.6 is 0 Å². The van der Waals surface area contributed by atoms with E-state index in [1.165, 1.54) is 83.2 Å². The number of carbonyl (C=O) groups is 13. The average Bonchev–Trinajstić information content (AvgIpc) is 0.892. The summed E-state index contributed by atoms with van der Waals surface area (Å²) >= 11 is 0. The van der Waals surface area contributed by atoms with E-state index in [0.717, 1.165) is 41.0 Å². The fraction of sp³-hybridized carbons (Fsp3) is 0.369. The third-order valence-electron chi connectivity index (χ3n) is 25.7. The Morgan fingerprint density at radius 2 is 1.19 bits per heavy atom. The first-order chi connectivity index (χ1) is 63.9. The first kappa shape index (κ1) is 96.6. The number of hydrogen-bond acceptors (Lipinski definition) is 25. The highest BCUT2D eigenvalue weighted by Gasteiger charge is 2.79. The SMILES string of the molecule is CCOC(=O)OC(C(=O)OC1C[C@@]2(O)C(OC(=O)c3ccccc3)C3C4(OC(C)=O)COC4C[C@H](OC(=O)OCc4ccc(NC(=O)[C@H](CCCCNC(c5ccccc5)(c5ccccc5)c5ccc(OC)cc5)NC(=O)C(Cc5ccccc5)NC(=O)CCCCCN5C(=O)C=CC5=O)cc4)[C@@]3(C)C(=O)[C@H](OC(C)=O)C(=C1C)C2(C)C)C(NC(=O)c1ccccc1)c1ccccc1. The number of Topliss-reactive ketones (excluding diaryl/α,β-unsaturated/α-hetero) is 1. The largest absolute Gasteiger partial charge is 0.509 e. The van der Waals surface area contributed by atoms with E-state index >= 15 is 19.2 Å². The fourth-order valence-electron chi connectivity index (χ4n) is 18.9. The molecule has 0 radical (unpaired) electrons. The molecule has 1 saturated heterocycles. The number of imide groups is 1. The van der Waals surface area contributed by atoms with Crippen molar-refractivity contribution in [2.45, 2.75) is 191 Å². The van der Waals surface area contributed by atoms with E-state index in [9.17, 15) is 48.3 Å². The minimum absolute atomic E-state index is 0.0113. The molecule has 8 unspecified atom stereocenters. The van der Waals surface area contributed by atoms with Crippen molar-refractivity contribution in [1.82, 2.24) is 26.2 Å². The predicted molar refractivity (Wildman–Crippen MR) is 484 cm³/mol. The summed E-state index contributed by atoms with van der Waals surface area (Å²) in [6.45, 7) is 8.79. The van der Waals surface area contributed by atoms with Crippen LogP contribution in [0.2, 0.25) is 0 Å². The topological polar surface area (TPSA) is 398 Å². The van der Waals surface area contributed by atoms with Crippen molar-refractivity contribution in [3.05, 3.63) is 298 Å². The minimum atomic E-state index is -2.68. The van der Waals surface area contributed by atoms with Gasteiger partial charge in [0.15, 0.2) is 17.5 Å². The smallest absolute Gasteiger partial charge is 0.497 e. The molecule has 6 N–H and O–H groups in total. The van der Waals surface area contributed by atoms with Crippen LogP contribution in [0.3, 0.4) is 0 Å². The molecule has 8 aromatic rings.